The normalized spacial score (nSPS) is 24.3. The first kappa shape index (κ1) is 23.7. The molecule has 4 heteroatoms. The number of carbonyl (C=O) groups excluding carboxylic acids is 1. The number of hydrogen-bond donors (Lipinski definition) is 0. The fraction of sp³-hybridized carbons (Fsp3) is 0.552. The quantitative estimate of drug-likeness (QED) is 0.214. The smallest absolute Gasteiger partial charge is 0.335 e. The number of unbranched alkanes of at least 4 members (excludes halogenated alkanes) is 3. The lowest BCUT2D eigenvalue weighted by molar-refractivity contribution is -0.129. The molecule has 0 radical (unpaired) electrons. The largest absolute Gasteiger partial charge is 0.420 e. The highest BCUT2D eigenvalue weighted by molar-refractivity contribution is 5.83. The third-order valence-electron chi connectivity index (χ3n) is 8.02. The molecule has 0 atom stereocenters. The van der Waals surface area contributed by atoms with Crippen molar-refractivity contribution < 1.29 is 9.53 Å². The van der Waals surface area contributed by atoms with Gasteiger partial charge in [0.2, 0.25) is 0 Å². The molecule has 3 aliphatic rings. The van der Waals surface area contributed by atoms with Crippen LogP contribution in [0.15, 0.2) is 48.8 Å². The van der Waals surface area contributed by atoms with Gasteiger partial charge in [-0.15, -0.1) is 0 Å². The van der Waals surface area contributed by atoms with Gasteiger partial charge in [-0.05, 0) is 67.8 Å². The average molecular weight is 447 g/mol. The Labute approximate surface area is 198 Å². The Balaban J connectivity index is 1.37. The predicted molar refractivity (Wildman–Crippen MR) is 133 cm³/mol. The second kappa shape index (κ2) is 10.6. The van der Waals surface area contributed by atoms with Gasteiger partial charge in [-0.25, -0.2) is 14.8 Å². The highest BCUT2D eigenvalue weighted by Gasteiger charge is 2.48. The molecule has 0 unspecified atom stereocenters. The van der Waals surface area contributed by atoms with Gasteiger partial charge in [-0.2, -0.15) is 0 Å². The molecule has 1 heterocycles. The lowest BCUT2D eigenvalue weighted by atomic mass is 9.51. The van der Waals surface area contributed by atoms with Crippen molar-refractivity contribution in [3.05, 3.63) is 54.4 Å². The van der Waals surface area contributed by atoms with Gasteiger partial charge < -0.3 is 4.74 Å². The Hall–Kier alpha value is -2.49. The van der Waals surface area contributed by atoms with Crippen LogP contribution in [0, 0.1) is 5.41 Å². The molecular weight excluding hydrogens is 408 g/mol. The van der Waals surface area contributed by atoms with Gasteiger partial charge in [-0.3, -0.25) is 0 Å². The zero-order valence-electron chi connectivity index (χ0n) is 20.3. The zero-order valence-corrected chi connectivity index (χ0v) is 20.3. The maximum absolute atomic E-state index is 11.8. The van der Waals surface area contributed by atoms with Gasteiger partial charge in [0.25, 0.3) is 0 Å². The van der Waals surface area contributed by atoms with Crippen molar-refractivity contribution in [3.63, 3.8) is 0 Å². The molecular formula is C29H38N2O2. The second-order valence-electron chi connectivity index (χ2n) is 10.2. The Morgan fingerprint density at radius 1 is 0.939 bits per heavy atom. The molecule has 0 aliphatic heterocycles. The van der Waals surface area contributed by atoms with Crippen LogP contribution in [-0.2, 0) is 10.2 Å². The minimum atomic E-state index is -0.391. The van der Waals surface area contributed by atoms with Crippen molar-refractivity contribution in [1.82, 2.24) is 9.97 Å². The number of hydrogen-bond acceptors (Lipinski definition) is 4. The summed E-state index contributed by atoms with van der Waals surface area (Å²) in [6, 6.07) is 8.88. The lowest BCUT2D eigenvalue weighted by Gasteiger charge is -2.54. The number of benzene rings is 1. The van der Waals surface area contributed by atoms with Gasteiger partial charge in [0.05, 0.1) is 12.4 Å². The number of aromatic nitrogens is 2. The third-order valence-corrected chi connectivity index (χ3v) is 8.02. The topological polar surface area (TPSA) is 52.1 Å². The molecule has 4 nitrogen and oxygen atoms in total. The summed E-state index contributed by atoms with van der Waals surface area (Å²) in [5, 5.41) is 0. The van der Waals surface area contributed by atoms with E-state index in [-0.39, 0.29) is 0 Å². The molecule has 3 saturated carbocycles. The highest BCUT2D eigenvalue weighted by atomic mass is 16.5. The van der Waals surface area contributed by atoms with E-state index >= 15 is 0 Å². The van der Waals surface area contributed by atoms with Crippen molar-refractivity contribution in [2.45, 2.75) is 96.3 Å². The average Bonchev–Trinajstić information content (AvgIpc) is 2.86. The molecule has 5 rings (SSSR count). The van der Waals surface area contributed by atoms with Crippen LogP contribution in [0.1, 0.15) is 96.5 Å². The summed E-state index contributed by atoms with van der Waals surface area (Å²) >= 11 is 0. The molecule has 1 aromatic heterocycles. The zero-order chi connectivity index (χ0) is 23.2. The number of fused-ring (bicyclic) bond motifs is 3. The van der Waals surface area contributed by atoms with Gasteiger partial charge in [-0.1, -0.05) is 69.9 Å². The molecule has 0 amide bonds. The fourth-order valence-corrected chi connectivity index (χ4v) is 5.81. The summed E-state index contributed by atoms with van der Waals surface area (Å²) in [4.78, 5) is 20.6. The first-order valence-electron chi connectivity index (χ1n) is 12.9. The van der Waals surface area contributed by atoms with Crippen LogP contribution in [-0.4, -0.2) is 15.9 Å². The molecule has 2 bridgehead atoms. The molecule has 0 saturated heterocycles. The number of carbonyl (C=O) groups is 1. The van der Waals surface area contributed by atoms with Gasteiger partial charge in [0, 0.05) is 11.6 Å². The number of allylic oxidation sites excluding steroid dienone is 1. The Morgan fingerprint density at radius 3 is 2.21 bits per heavy atom. The molecule has 0 spiro atoms. The minimum Gasteiger partial charge on any atom is -0.420 e. The molecule has 3 aliphatic carbocycles. The SMILES string of the molecule is CCC/C=C/C(=O)Oc1cnc(-c2ccc(C34CCC(CCCCC)(CC3)CC4)cc2)nc1. The van der Waals surface area contributed by atoms with Crippen LogP contribution in [0.2, 0.25) is 0 Å². The molecule has 3 fully saturated rings. The molecule has 2 aromatic rings. The maximum atomic E-state index is 11.8. The van der Waals surface area contributed by atoms with Crippen LogP contribution >= 0.6 is 0 Å². The molecule has 1 aromatic carbocycles. The highest BCUT2D eigenvalue weighted by Crippen LogP contribution is 2.59. The summed E-state index contributed by atoms with van der Waals surface area (Å²) in [6.07, 6.45) is 22.0. The van der Waals surface area contributed by atoms with E-state index < -0.39 is 5.97 Å². The summed E-state index contributed by atoms with van der Waals surface area (Å²) < 4.78 is 5.27. The summed E-state index contributed by atoms with van der Waals surface area (Å²) in [7, 11) is 0. The first-order chi connectivity index (χ1) is 16.1. The molecule has 33 heavy (non-hydrogen) atoms. The summed E-state index contributed by atoms with van der Waals surface area (Å²) in [5.74, 6) is 0.632. The van der Waals surface area contributed by atoms with Crippen molar-refractivity contribution >= 4 is 5.97 Å². The van der Waals surface area contributed by atoms with E-state index in [2.05, 4.69) is 48.1 Å². The van der Waals surface area contributed by atoms with E-state index in [4.69, 9.17) is 4.74 Å². The minimum absolute atomic E-state index is 0.368. The van der Waals surface area contributed by atoms with E-state index in [0.717, 1.165) is 18.4 Å². The van der Waals surface area contributed by atoms with Crippen LogP contribution in [0.25, 0.3) is 11.4 Å². The maximum Gasteiger partial charge on any atom is 0.335 e. The third kappa shape index (κ3) is 5.54. The first-order valence-corrected chi connectivity index (χ1v) is 12.9. The van der Waals surface area contributed by atoms with Gasteiger partial charge in [0.15, 0.2) is 11.6 Å². The number of rotatable bonds is 10. The van der Waals surface area contributed by atoms with E-state index in [1.165, 1.54) is 75.8 Å². The number of ether oxygens (including phenoxy) is 1. The second-order valence-corrected chi connectivity index (χ2v) is 10.2. The number of nitrogens with zero attached hydrogens (tertiary/aromatic N) is 2. The van der Waals surface area contributed by atoms with Crippen LogP contribution in [0.5, 0.6) is 5.75 Å². The molecule has 176 valence electrons. The van der Waals surface area contributed by atoms with E-state index in [0.29, 0.717) is 22.4 Å². The summed E-state index contributed by atoms with van der Waals surface area (Å²) in [6.45, 7) is 4.37. The number of esters is 1. The van der Waals surface area contributed by atoms with E-state index in [1.54, 1.807) is 12.4 Å². The lowest BCUT2D eigenvalue weighted by Crippen LogP contribution is -2.44. The van der Waals surface area contributed by atoms with Crippen molar-refractivity contribution in [3.8, 4) is 17.1 Å². The van der Waals surface area contributed by atoms with E-state index in [9.17, 15) is 4.79 Å². The predicted octanol–water partition coefficient (Wildman–Crippen LogP) is 7.58. The van der Waals surface area contributed by atoms with Gasteiger partial charge in [0.1, 0.15) is 0 Å². The standard InChI is InChI=1S/C29H38N2O2/c1-3-5-7-9-26(32)33-25-21-30-27(31-22-25)23-10-12-24(13-11-23)29-18-15-28(16-19-29,17-20-29)14-8-6-4-2/h7,9-13,21-22H,3-6,8,14-20H2,1-2H3/b9-7+. The van der Waals surface area contributed by atoms with Crippen LogP contribution in [0.3, 0.4) is 0 Å². The van der Waals surface area contributed by atoms with Crippen molar-refractivity contribution in [2.24, 2.45) is 5.41 Å². The summed E-state index contributed by atoms with van der Waals surface area (Å²) in [5.41, 5.74) is 3.49. The Kier molecular flexibility index (Phi) is 7.62. The molecule has 0 N–H and O–H groups in total. The fourth-order valence-electron chi connectivity index (χ4n) is 5.81. The van der Waals surface area contributed by atoms with Crippen LogP contribution in [0.4, 0.5) is 0 Å². The van der Waals surface area contributed by atoms with E-state index in [1.807, 2.05) is 6.08 Å². The monoisotopic (exact) mass is 446 g/mol. The van der Waals surface area contributed by atoms with Crippen LogP contribution < -0.4 is 4.74 Å². The Bertz CT molecular complexity index is 922. The van der Waals surface area contributed by atoms with Crippen molar-refractivity contribution in [1.29, 1.82) is 0 Å². The Morgan fingerprint density at radius 2 is 1.61 bits per heavy atom. The van der Waals surface area contributed by atoms with Crippen molar-refractivity contribution in [2.75, 3.05) is 0 Å². The van der Waals surface area contributed by atoms with Gasteiger partial charge >= 0.3 is 5.97 Å².